The summed E-state index contributed by atoms with van der Waals surface area (Å²) in [7, 11) is -0.230. The minimum atomic E-state index is -0.889. The first-order valence-corrected chi connectivity index (χ1v) is 14.3. The highest BCUT2D eigenvalue weighted by molar-refractivity contribution is 6.45. The second-order valence-corrected chi connectivity index (χ2v) is 14.1. The van der Waals surface area contributed by atoms with Gasteiger partial charge in [-0.3, -0.25) is 14.5 Å². The summed E-state index contributed by atoms with van der Waals surface area (Å²) in [6.07, 6.45) is 9.50. The average Bonchev–Trinajstić information content (AvgIpc) is 3.36. The predicted molar refractivity (Wildman–Crippen MR) is 144 cm³/mol. The van der Waals surface area contributed by atoms with Crippen molar-refractivity contribution in [2.45, 2.75) is 147 Å². The van der Waals surface area contributed by atoms with Crippen molar-refractivity contribution in [3.63, 3.8) is 0 Å². The quantitative estimate of drug-likeness (QED) is 0.507. The molecule has 1 aliphatic carbocycles. The van der Waals surface area contributed by atoms with Crippen molar-refractivity contribution >= 4 is 18.9 Å². The van der Waals surface area contributed by atoms with Gasteiger partial charge in [0.25, 0.3) is 0 Å². The summed E-state index contributed by atoms with van der Waals surface area (Å²) in [6, 6.07) is 1.30. The van der Waals surface area contributed by atoms with Crippen LogP contribution in [-0.4, -0.2) is 64.7 Å². The molecule has 0 spiro atoms. The number of nitrogens with one attached hydrogen (secondary N) is 2. The first-order valence-electron chi connectivity index (χ1n) is 14.3. The minimum absolute atomic E-state index is 0.0259. The van der Waals surface area contributed by atoms with Gasteiger partial charge in [0.2, 0.25) is 11.8 Å². The van der Waals surface area contributed by atoms with Gasteiger partial charge in [0.05, 0.1) is 11.2 Å². The van der Waals surface area contributed by atoms with Crippen molar-refractivity contribution in [3.8, 4) is 0 Å². The average molecular weight is 504 g/mol. The van der Waals surface area contributed by atoms with Gasteiger partial charge in [0.1, 0.15) is 5.54 Å². The number of fused-ring (bicyclic) bond motifs is 2. The van der Waals surface area contributed by atoms with Gasteiger partial charge < -0.3 is 19.9 Å². The van der Waals surface area contributed by atoms with E-state index in [-0.39, 0.29) is 41.6 Å². The molecule has 0 aromatic carbocycles. The van der Waals surface area contributed by atoms with Crippen LogP contribution in [0.15, 0.2) is 0 Å². The number of carbonyl (C=O) groups excluding carboxylic acids is 2. The number of carbonyl (C=O) groups is 2. The van der Waals surface area contributed by atoms with E-state index in [9.17, 15) is 9.59 Å². The highest BCUT2D eigenvalue weighted by atomic mass is 16.7. The molecular formula is C28H50BN3O4. The lowest BCUT2D eigenvalue weighted by Crippen LogP contribution is -2.68. The molecule has 3 heterocycles. The van der Waals surface area contributed by atoms with Crippen LogP contribution < -0.4 is 10.6 Å². The molecule has 3 saturated heterocycles. The molecule has 36 heavy (non-hydrogen) atoms. The fourth-order valence-corrected chi connectivity index (χ4v) is 7.18. The first kappa shape index (κ1) is 27.9. The summed E-state index contributed by atoms with van der Waals surface area (Å²) in [5.41, 5.74) is -1.93. The van der Waals surface area contributed by atoms with Gasteiger partial charge in [-0.05, 0) is 106 Å². The third kappa shape index (κ3) is 5.66. The van der Waals surface area contributed by atoms with Crippen molar-refractivity contribution in [3.05, 3.63) is 0 Å². The maximum Gasteiger partial charge on any atom is 0.457 e. The molecular weight excluding hydrogens is 453 g/mol. The summed E-state index contributed by atoms with van der Waals surface area (Å²) in [4.78, 5) is 29.3. The molecule has 8 heteroatoms. The van der Waals surface area contributed by atoms with E-state index in [0.717, 1.165) is 32.1 Å². The van der Waals surface area contributed by atoms with E-state index >= 15 is 0 Å². The number of amides is 2. The first-order chi connectivity index (χ1) is 16.6. The molecule has 204 valence electrons. The molecule has 2 N–H and O–H groups in total. The topological polar surface area (TPSA) is 79.9 Å². The van der Waals surface area contributed by atoms with Crippen molar-refractivity contribution in [1.29, 1.82) is 0 Å². The van der Waals surface area contributed by atoms with E-state index in [1.54, 1.807) is 6.92 Å². The van der Waals surface area contributed by atoms with Gasteiger partial charge in [-0.2, -0.15) is 0 Å². The molecule has 2 amide bonds. The smallest absolute Gasteiger partial charge is 0.403 e. The summed E-state index contributed by atoms with van der Waals surface area (Å²) >= 11 is 0. The Kier molecular flexibility index (Phi) is 7.66. The van der Waals surface area contributed by atoms with Crippen LogP contribution in [-0.2, 0) is 18.9 Å². The maximum atomic E-state index is 14.0. The van der Waals surface area contributed by atoms with E-state index in [1.165, 1.54) is 25.7 Å². The second kappa shape index (κ2) is 9.89. The van der Waals surface area contributed by atoms with Crippen molar-refractivity contribution in [2.24, 2.45) is 11.8 Å². The van der Waals surface area contributed by atoms with Crippen molar-refractivity contribution in [1.82, 2.24) is 15.5 Å². The van der Waals surface area contributed by atoms with Crippen LogP contribution in [0.4, 0.5) is 0 Å². The Labute approximate surface area is 219 Å². The van der Waals surface area contributed by atoms with E-state index in [4.69, 9.17) is 9.31 Å². The van der Waals surface area contributed by atoms with E-state index in [2.05, 4.69) is 43.2 Å². The van der Waals surface area contributed by atoms with Gasteiger partial charge in [0, 0.05) is 37.0 Å². The Morgan fingerprint density at radius 2 is 1.50 bits per heavy atom. The zero-order chi connectivity index (χ0) is 26.5. The molecule has 3 atom stereocenters. The van der Waals surface area contributed by atoms with Crippen LogP contribution in [0.1, 0.15) is 107 Å². The largest absolute Gasteiger partial charge is 0.457 e. The number of hydrogen-bond donors (Lipinski definition) is 2. The molecule has 0 aromatic heterocycles. The van der Waals surface area contributed by atoms with E-state index in [0.29, 0.717) is 24.4 Å². The van der Waals surface area contributed by atoms with Gasteiger partial charge >= 0.3 is 7.12 Å². The Hall–Kier alpha value is -1.12. The van der Waals surface area contributed by atoms with E-state index in [1.807, 2.05) is 20.8 Å². The molecule has 4 aliphatic rings. The van der Waals surface area contributed by atoms with Gasteiger partial charge in [0.15, 0.2) is 0 Å². The molecule has 4 fully saturated rings. The predicted octanol–water partition coefficient (Wildman–Crippen LogP) is 4.30. The standard InChI is InChI=1S/C28H50BN3O4/c1-19(33)30-28(24(34)31-25(2,3)4)17-20(15-16-29-35-26(5,6)27(7,8)36-29)9-10-21(28)18-32-22-11-12-23(32)14-13-22/h20-23H,9-18H2,1-8H3,(H,30,33)(H,31,34). The van der Waals surface area contributed by atoms with Crippen LogP contribution >= 0.6 is 0 Å². The Morgan fingerprint density at radius 3 is 2.00 bits per heavy atom. The zero-order valence-corrected chi connectivity index (χ0v) is 24.0. The highest BCUT2D eigenvalue weighted by Crippen LogP contribution is 2.45. The van der Waals surface area contributed by atoms with Crippen LogP contribution in [0.25, 0.3) is 0 Å². The summed E-state index contributed by atoms with van der Waals surface area (Å²) in [6.45, 7) is 16.8. The number of hydrogen-bond acceptors (Lipinski definition) is 5. The molecule has 4 rings (SSSR count). The lowest BCUT2D eigenvalue weighted by atomic mass is 9.64. The van der Waals surface area contributed by atoms with E-state index < -0.39 is 5.54 Å². The molecule has 3 aliphatic heterocycles. The molecule has 0 aromatic rings. The van der Waals surface area contributed by atoms with Crippen LogP contribution in [0, 0.1) is 11.8 Å². The van der Waals surface area contributed by atoms with Gasteiger partial charge in [-0.1, -0.05) is 6.42 Å². The third-order valence-corrected chi connectivity index (χ3v) is 9.67. The lowest BCUT2D eigenvalue weighted by molar-refractivity contribution is -0.140. The lowest BCUT2D eigenvalue weighted by Gasteiger charge is -2.48. The van der Waals surface area contributed by atoms with Crippen LogP contribution in [0.3, 0.4) is 0 Å². The van der Waals surface area contributed by atoms with Crippen molar-refractivity contribution in [2.75, 3.05) is 6.54 Å². The summed E-state index contributed by atoms with van der Waals surface area (Å²) < 4.78 is 12.5. The Bertz CT molecular complexity index is 805. The molecule has 1 saturated carbocycles. The summed E-state index contributed by atoms with van der Waals surface area (Å²) in [5.74, 6) is 0.285. The maximum absolute atomic E-state index is 14.0. The second-order valence-electron chi connectivity index (χ2n) is 14.1. The van der Waals surface area contributed by atoms with Gasteiger partial charge in [-0.25, -0.2) is 0 Å². The fraction of sp³-hybridized carbons (Fsp3) is 0.929. The fourth-order valence-electron chi connectivity index (χ4n) is 7.18. The van der Waals surface area contributed by atoms with Crippen LogP contribution in [0.5, 0.6) is 0 Å². The molecule has 2 bridgehead atoms. The van der Waals surface area contributed by atoms with Crippen LogP contribution in [0.2, 0.25) is 6.32 Å². The normalized spacial score (nSPS) is 35.7. The number of nitrogens with zero attached hydrogens (tertiary/aromatic N) is 1. The minimum Gasteiger partial charge on any atom is -0.403 e. The molecule has 3 unspecified atom stereocenters. The number of rotatable bonds is 7. The zero-order valence-electron chi connectivity index (χ0n) is 24.0. The SMILES string of the molecule is CC(=O)NC1(C(=O)NC(C)(C)C)CC(CCB2OC(C)(C)C(C)(C)O2)CCC1CN1C2CCC1CC2. The monoisotopic (exact) mass is 503 g/mol. The molecule has 0 radical (unpaired) electrons. The van der Waals surface area contributed by atoms with Crippen molar-refractivity contribution < 1.29 is 18.9 Å². The Morgan fingerprint density at radius 1 is 0.944 bits per heavy atom. The third-order valence-electron chi connectivity index (χ3n) is 9.67. The molecule has 7 nitrogen and oxygen atoms in total. The highest BCUT2D eigenvalue weighted by Gasteiger charge is 2.54. The Balaban J connectivity index is 1.52. The van der Waals surface area contributed by atoms with Gasteiger partial charge in [-0.15, -0.1) is 0 Å². The summed E-state index contributed by atoms with van der Waals surface area (Å²) in [5, 5.41) is 6.48.